The zero-order valence-electron chi connectivity index (χ0n) is 6.90. The first-order chi connectivity index (χ1) is 5.72. The number of aryl methyl sites for hydroxylation is 1. The van der Waals surface area contributed by atoms with Gasteiger partial charge in [-0.05, 0) is 0 Å². The average Bonchev–Trinajstić information content (AvgIpc) is 2.16. The van der Waals surface area contributed by atoms with Gasteiger partial charge in [-0.25, -0.2) is 0 Å². The lowest BCUT2D eigenvalue weighted by atomic mass is 10.3. The Morgan fingerprint density at radius 3 is 1.85 bits per heavy atom. The van der Waals surface area contributed by atoms with Gasteiger partial charge in [0, 0.05) is 22.9 Å². The van der Waals surface area contributed by atoms with Crippen LogP contribution in [-0.4, -0.2) is 7.25 Å². The number of halogens is 5. The third-order valence-corrected chi connectivity index (χ3v) is 3.14. The lowest BCUT2D eigenvalue weighted by Gasteiger charge is -1.94. The monoisotopic (exact) mass is 279 g/mol. The molecule has 0 saturated carbocycles. The molecule has 0 amide bonds. The van der Waals surface area contributed by atoms with Gasteiger partial charge >= 0.3 is 11.2 Å². The fraction of sp³-hybridized carbons (Fsp3) is 0.400. The third kappa shape index (κ3) is 7.00. The smallest absolute Gasteiger partial charge is 0.418 e. The van der Waals surface area contributed by atoms with Gasteiger partial charge in [-0.15, -0.1) is 0 Å². The molecule has 0 unspecified atom stereocenters. The lowest BCUT2D eigenvalue weighted by Crippen LogP contribution is -2.29. The van der Waals surface area contributed by atoms with E-state index in [0.717, 1.165) is 0 Å². The molecular formula is C5H7BBrF4NS. The van der Waals surface area contributed by atoms with Crippen molar-refractivity contribution in [1.82, 2.24) is 0 Å². The van der Waals surface area contributed by atoms with Crippen LogP contribution in [0.3, 0.4) is 0 Å². The first kappa shape index (κ1) is 12.9. The lowest BCUT2D eigenvalue weighted by molar-refractivity contribution is -0.683. The summed E-state index contributed by atoms with van der Waals surface area (Å²) in [5.41, 5.74) is 1.29. The van der Waals surface area contributed by atoms with E-state index in [4.69, 9.17) is 0 Å². The van der Waals surface area contributed by atoms with Crippen molar-refractivity contribution in [3.63, 3.8) is 0 Å². The van der Waals surface area contributed by atoms with E-state index in [2.05, 4.69) is 32.8 Å². The molecule has 1 heterocycles. The topological polar surface area (TPSA) is 3.88 Å². The van der Waals surface area contributed by atoms with Crippen LogP contribution in [0.4, 0.5) is 17.3 Å². The quantitative estimate of drug-likeness (QED) is 0.391. The first-order valence-electron chi connectivity index (χ1n) is 3.18. The van der Waals surface area contributed by atoms with Gasteiger partial charge in [-0.3, -0.25) is 0 Å². The minimum Gasteiger partial charge on any atom is -0.418 e. The number of aromatic nitrogens is 1. The van der Waals surface area contributed by atoms with E-state index in [1.54, 1.807) is 11.3 Å². The second-order valence-electron chi connectivity index (χ2n) is 2.18. The number of hydrogen-bond donors (Lipinski definition) is 0. The van der Waals surface area contributed by atoms with E-state index in [-0.39, 0.29) is 0 Å². The van der Waals surface area contributed by atoms with Gasteiger partial charge in [-0.2, -0.15) is 4.57 Å². The van der Waals surface area contributed by atoms with Crippen molar-refractivity contribution in [2.24, 2.45) is 7.05 Å². The molecule has 0 aliphatic heterocycles. The van der Waals surface area contributed by atoms with Crippen molar-refractivity contribution in [3.05, 3.63) is 15.0 Å². The SMILES string of the molecule is Cc1csc(Br)[n+]1C.F[B-](F)(F)F. The van der Waals surface area contributed by atoms with Gasteiger partial charge in [-0.1, -0.05) is 11.3 Å². The third-order valence-electron chi connectivity index (χ3n) is 1.12. The maximum Gasteiger partial charge on any atom is 0.673 e. The van der Waals surface area contributed by atoms with Gasteiger partial charge in [0.05, 0.1) is 5.38 Å². The van der Waals surface area contributed by atoms with Gasteiger partial charge in [0.2, 0.25) is 0 Å². The predicted molar refractivity (Wildman–Crippen MR) is 48.1 cm³/mol. The second kappa shape index (κ2) is 4.95. The Hall–Kier alpha value is -0.105. The highest BCUT2D eigenvalue weighted by atomic mass is 79.9. The van der Waals surface area contributed by atoms with E-state index >= 15 is 0 Å². The second-order valence-corrected chi connectivity index (χ2v) is 4.32. The normalized spacial score (nSPS) is 10.7. The molecule has 76 valence electrons. The Kier molecular flexibility index (Phi) is 4.91. The van der Waals surface area contributed by atoms with Crippen molar-refractivity contribution in [3.8, 4) is 0 Å². The van der Waals surface area contributed by atoms with Crippen LogP contribution >= 0.6 is 27.3 Å². The highest BCUT2D eigenvalue weighted by Gasteiger charge is 2.20. The fourth-order valence-corrected chi connectivity index (χ4v) is 1.72. The standard InChI is InChI=1S/C5H7BrNS.BF4/c1-4-3-8-5(6)7(4)2;2-1(3,4)5/h3H,1-2H3;/q+1;-1. The van der Waals surface area contributed by atoms with Gasteiger partial charge in [0.15, 0.2) is 5.69 Å². The van der Waals surface area contributed by atoms with E-state index in [9.17, 15) is 17.3 Å². The molecule has 0 bridgehead atoms. The summed E-state index contributed by atoms with van der Waals surface area (Å²) >= 11 is 5.11. The van der Waals surface area contributed by atoms with Crippen molar-refractivity contribution in [2.75, 3.05) is 0 Å². The van der Waals surface area contributed by atoms with E-state index in [1.807, 2.05) is 7.05 Å². The predicted octanol–water partition coefficient (Wildman–Crippen LogP) is 2.94. The zero-order valence-corrected chi connectivity index (χ0v) is 9.30. The van der Waals surface area contributed by atoms with Crippen molar-refractivity contribution < 1.29 is 21.8 Å². The van der Waals surface area contributed by atoms with Crippen LogP contribution in [-0.2, 0) is 7.05 Å². The van der Waals surface area contributed by atoms with E-state index in [0.29, 0.717) is 0 Å². The molecule has 0 N–H and O–H groups in total. The fourth-order valence-electron chi connectivity index (χ4n) is 0.431. The Labute approximate surface area is 85.6 Å². The van der Waals surface area contributed by atoms with Crippen LogP contribution in [0.1, 0.15) is 5.69 Å². The molecule has 0 aliphatic carbocycles. The van der Waals surface area contributed by atoms with Crippen LogP contribution in [0.25, 0.3) is 0 Å². The summed E-state index contributed by atoms with van der Waals surface area (Å²) in [6, 6.07) is 0. The molecule has 1 aromatic heterocycles. The van der Waals surface area contributed by atoms with E-state index in [1.165, 1.54) is 9.61 Å². The molecule has 13 heavy (non-hydrogen) atoms. The largest absolute Gasteiger partial charge is 0.673 e. The molecule has 1 aromatic rings. The van der Waals surface area contributed by atoms with Crippen LogP contribution in [0.2, 0.25) is 0 Å². The Morgan fingerprint density at radius 1 is 1.38 bits per heavy atom. The Bertz CT molecular complexity index is 248. The molecule has 0 atom stereocenters. The first-order valence-corrected chi connectivity index (χ1v) is 4.86. The maximum atomic E-state index is 9.75. The summed E-state index contributed by atoms with van der Waals surface area (Å²) in [5.74, 6) is 0. The summed E-state index contributed by atoms with van der Waals surface area (Å²) < 4.78 is 42.3. The van der Waals surface area contributed by atoms with Crippen molar-refractivity contribution in [2.45, 2.75) is 6.92 Å². The summed E-state index contributed by atoms with van der Waals surface area (Å²) in [5, 5.41) is 2.12. The molecule has 8 heteroatoms. The summed E-state index contributed by atoms with van der Waals surface area (Å²) in [7, 11) is -3.96. The van der Waals surface area contributed by atoms with Crippen LogP contribution in [0.15, 0.2) is 9.30 Å². The van der Waals surface area contributed by atoms with Gasteiger partial charge in [0.25, 0.3) is 0 Å². The molecule has 0 spiro atoms. The number of hydrogen-bond acceptors (Lipinski definition) is 1. The maximum absolute atomic E-state index is 9.75. The number of thiazole rings is 1. The summed E-state index contributed by atoms with van der Waals surface area (Å²) in [6.45, 7) is 2.08. The molecule has 0 radical (unpaired) electrons. The van der Waals surface area contributed by atoms with Gasteiger partial charge < -0.3 is 17.3 Å². The highest BCUT2D eigenvalue weighted by molar-refractivity contribution is 9.11. The molecule has 0 aromatic carbocycles. The minimum absolute atomic E-state index is 1.18. The zero-order chi connectivity index (χ0) is 10.6. The average molecular weight is 280 g/mol. The molecule has 0 aliphatic rings. The van der Waals surface area contributed by atoms with E-state index < -0.39 is 7.25 Å². The number of rotatable bonds is 0. The van der Waals surface area contributed by atoms with Crippen molar-refractivity contribution in [1.29, 1.82) is 0 Å². The van der Waals surface area contributed by atoms with Gasteiger partial charge in [0.1, 0.15) is 7.05 Å². The summed E-state index contributed by atoms with van der Waals surface area (Å²) in [6.07, 6.45) is 0. The summed E-state index contributed by atoms with van der Waals surface area (Å²) in [4.78, 5) is 0. The minimum atomic E-state index is -6.00. The molecule has 0 fully saturated rings. The van der Waals surface area contributed by atoms with Crippen LogP contribution in [0, 0.1) is 6.92 Å². The number of nitrogens with zero attached hydrogens (tertiary/aromatic N) is 1. The van der Waals surface area contributed by atoms with Crippen LogP contribution < -0.4 is 4.57 Å². The Balaban J connectivity index is 0.000000252. The van der Waals surface area contributed by atoms with Crippen LogP contribution in [0.5, 0.6) is 0 Å². The highest BCUT2D eigenvalue weighted by Crippen LogP contribution is 2.11. The van der Waals surface area contributed by atoms with Crippen molar-refractivity contribution >= 4 is 34.5 Å². The Morgan fingerprint density at radius 2 is 1.77 bits per heavy atom. The molecule has 0 saturated heterocycles. The molecule has 1 rings (SSSR count). The molecular weight excluding hydrogens is 273 g/mol. The molecule has 1 nitrogen and oxygen atoms in total.